The van der Waals surface area contributed by atoms with Crippen LogP contribution in [0.15, 0.2) is 16.6 Å². The van der Waals surface area contributed by atoms with E-state index in [0.29, 0.717) is 5.69 Å². The Hall–Kier alpha value is -2.16. The van der Waals surface area contributed by atoms with Crippen molar-refractivity contribution in [2.45, 2.75) is 13.3 Å². The third kappa shape index (κ3) is 4.92. The molecule has 0 fully saturated rings. The van der Waals surface area contributed by atoms with Crippen LogP contribution in [0.5, 0.6) is 0 Å². The Balaban J connectivity index is 3.05. The molecule has 0 aliphatic heterocycles. The molecule has 0 bridgehead atoms. The van der Waals surface area contributed by atoms with Gasteiger partial charge in [-0.3, -0.25) is 15.1 Å². The van der Waals surface area contributed by atoms with Crippen LogP contribution >= 0.6 is 15.9 Å². The van der Waals surface area contributed by atoms with Crippen LogP contribution in [0.2, 0.25) is 0 Å². The maximum atomic E-state index is 13.8. The molecule has 0 aromatic heterocycles. The van der Waals surface area contributed by atoms with E-state index >= 15 is 0 Å². The first kappa shape index (κ1) is 18.9. The first-order chi connectivity index (χ1) is 10.8. The molecule has 7 nitrogen and oxygen atoms in total. The molecule has 4 N–H and O–H groups in total. The van der Waals surface area contributed by atoms with Gasteiger partial charge in [0.25, 0.3) is 0 Å². The Bertz CT molecular complexity index is 624. The fourth-order valence-corrected chi connectivity index (χ4v) is 2.21. The molecule has 2 amide bonds. The Labute approximate surface area is 141 Å². The normalized spacial score (nSPS) is 10.1. The zero-order valence-electron chi connectivity index (χ0n) is 12.8. The molecule has 0 spiro atoms. The number of amides is 2. The lowest BCUT2D eigenvalue weighted by Crippen LogP contribution is -2.42. The monoisotopic (exact) mass is 388 g/mol. The van der Waals surface area contributed by atoms with Gasteiger partial charge in [0, 0.05) is 24.8 Å². The van der Waals surface area contributed by atoms with Gasteiger partial charge in [-0.05, 0) is 35.0 Å². The number of amidine groups is 1. The van der Waals surface area contributed by atoms with E-state index in [2.05, 4.69) is 21.2 Å². The van der Waals surface area contributed by atoms with Crippen molar-refractivity contribution in [1.29, 1.82) is 5.41 Å². The van der Waals surface area contributed by atoms with Crippen LogP contribution in [0, 0.1) is 11.2 Å². The molecule has 1 rings (SSSR count). The van der Waals surface area contributed by atoms with Crippen molar-refractivity contribution >= 4 is 39.5 Å². The number of benzene rings is 1. The Morgan fingerprint density at radius 1 is 1.48 bits per heavy atom. The van der Waals surface area contributed by atoms with E-state index in [1.165, 1.54) is 6.07 Å². The van der Waals surface area contributed by atoms with Crippen molar-refractivity contribution < 1.29 is 18.7 Å². The quantitative estimate of drug-likeness (QED) is 0.394. The van der Waals surface area contributed by atoms with Crippen LogP contribution in [0.25, 0.3) is 0 Å². The number of nitrogens with zero attached hydrogens (tertiary/aromatic N) is 1. The molecule has 0 heterocycles. The summed E-state index contributed by atoms with van der Waals surface area (Å²) in [5, 5.41) is 10.9. The van der Waals surface area contributed by atoms with Crippen LogP contribution in [0.1, 0.15) is 18.9 Å². The minimum absolute atomic E-state index is 0.118. The van der Waals surface area contributed by atoms with Gasteiger partial charge in [0.05, 0.1) is 17.5 Å². The molecule has 0 aliphatic rings. The first-order valence-electron chi connectivity index (χ1n) is 6.80. The summed E-state index contributed by atoms with van der Waals surface area (Å²) in [5.74, 6) is -1.40. The lowest BCUT2D eigenvalue weighted by Gasteiger charge is -2.22. The van der Waals surface area contributed by atoms with Gasteiger partial charge in [0.15, 0.2) is 0 Å². The van der Waals surface area contributed by atoms with Crippen molar-refractivity contribution in [3.05, 3.63) is 28.0 Å². The summed E-state index contributed by atoms with van der Waals surface area (Å²) < 4.78 is 18.7. The number of carbonyl (C=O) groups excluding carboxylic acids is 2. The summed E-state index contributed by atoms with van der Waals surface area (Å²) in [6.45, 7) is 1.75. The SMILES string of the molecule is CCOC(=O)CCN(C(=N)c1cc(F)c(Br)cc1NC)C(N)=O. The number of carbonyl (C=O) groups is 2. The largest absolute Gasteiger partial charge is 0.466 e. The van der Waals surface area contributed by atoms with Gasteiger partial charge in [-0.15, -0.1) is 0 Å². The molecule has 1 aromatic carbocycles. The van der Waals surface area contributed by atoms with Crippen LogP contribution in [-0.4, -0.2) is 42.9 Å². The van der Waals surface area contributed by atoms with E-state index in [1.807, 2.05) is 0 Å². The number of hydrogen-bond donors (Lipinski definition) is 3. The molecule has 126 valence electrons. The molecular formula is C14H18BrFN4O3. The summed E-state index contributed by atoms with van der Waals surface area (Å²) in [6.07, 6.45) is -0.118. The summed E-state index contributed by atoms with van der Waals surface area (Å²) in [5.41, 5.74) is 5.85. The van der Waals surface area contributed by atoms with Crippen LogP contribution < -0.4 is 11.1 Å². The number of anilines is 1. The van der Waals surface area contributed by atoms with E-state index < -0.39 is 17.8 Å². The molecule has 0 radical (unpaired) electrons. The number of rotatable bonds is 6. The maximum Gasteiger partial charge on any atom is 0.320 e. The molecule has 1 aromatic rings. The van der Waals surface area contributed by atoms with Crippen LogP contribution in [0.4, 0.5) is 14.9 Å². The van der Waals surface area contributed by atoms with Gasteiger partial charge in [-0.25, -0.2) is 9.18 Å². The highest BCUT2D eigenvalue weighted by Crippen LogP contribution is 2.25. The highest BCUT2D eigenvalue weighted by Gasteiger charge is 2.22. The number of halogens is 2. The van der Waals surface area contributed by atoms with E-state index in [0.717, 1.165) is 11.0 Å². The van der Waals surface area contributed by atoms with Crippen LogP contribution in [-0.2, 0) is 9.53 Å². The van der Waals surface area contributed by atoms with Crippen molar-refractivity contribution in [3.8, 4) is 0 Å². The van der Waals surface area contributed by atoms with Crippen molar-refractivity contribution in [2.24, 2.45) is 5.73 Å². The number of primary amides is 1. The maximum absolute atomic E-state index is 13.8. The second-order valence-electron chi connectivity index (χ2n) is 4.46. The standard InChI is InChI=1S/C14H18BrFN4O3/c1-3-23-12(21)4-5-20(14(18)22)13(17)8-6-10(16)9(15)7-11(8)19-2/h6-7,17,19H,3-5H2,1-2H3,(H2,18,22). The smallest absolute Gasteiger partial charge is 0.320 e. The number of esters is 1. The Morgan fingerprint density at radius 2 is 2.13 bits per heavy atom. The van der Waals surface area contributed by atoms with Crippen LogP contribution in [0.3, 0.4) is 0 Å². The predicted octanol–water partition coefficient (Wildman–Crippen LogP) is 2.29. The molecule has 0 atom stereocenters. The fourth-order valence-electron chi connectivity index (χ4n) is 1.86. The highest BCUT2D eigenvalue weighted by molar-refractivity contribution is 9.10. The van der Waals surface area contributed by atoms with Gasteiger partial charge >= 0.3 is 12.0 Å². The summed E-state index contributed by atoms with van der Waals surface area (Å²) in [4.78, 5) is 23.9. The fraction of sp³-hybridized carbons (Fsp3) is 0.357. The molecular weight excluding hydrogens is 371 g/mol. The minimum atomic E-state index is -0.912. The average Bonchev–Trinajstić information content (AvgIpc) is 2.49. The van der Waals surface area contributed by atoms with Crippen molar-refractivity contribution in [2.75, 3.05) is 25.5 Å². The summed E-state index contributed by atoms with van der Waals surface area (Å²) in [6, 6.07) is 1.65. The number of urea groups is 1. The van der Waals surface area contributed by atoms with Gasteiger partial charge in [-0.1, -0.05) is 0 Å². The predicted molar refractivity (Wildman–Crippen MR) is 88.0 cm³/mol. The molecule has 0 unspecified atom stereocenters. The second-order valence-corrected chi connectivity index (χ2v) is 5.31. The lowest BCUT2D eigenvalue weighted by molar-refractivity contribution is -0.143. The summed E-state index contributed by atoms with van der Waals surface area (Å²) in [7, 11) is 1.60. The zero-order valence-corrected chi connectivity index (χ0v) is 14.4. The van der Waals surface area contributed by atoms with E-state index in [9.17, 15) is 14.0 Å². The first-order valence-corrected chi connectivity index (χ1v) is 7.59. The van der Waals surface area contributed by atoms with Crippen molar-refractivity contribution in [3.63, 3.8) is 0 Å². The summed E-state index contributed by atoms with van der Waals surface area (Å²) >= 11 is 3.05. The number of nitrogens with two attached hydrogens (primary N) is 1. The molecule has 23 heavy (non-hydrogen) atoms. The second kappa shape index (κ2) is 8.47. The molecule has 0 saturated carbocycles. The molecule has 0 saturated heterocycles. The van der Waals surface area contributed by atoms with Gasteiger partial charge < -0.3 is 15.8 Å². The van der Waals surface area contributed by atoms with Gasteiger partial charge in [0.2, 0.25) is 0 Å². The Kier molecular flexibility index (Phi) is 6.95. The van der Waals surface area contributed by atoms with E-state index in [1.54, 1.807) is 14.0 Å². The van der Waals surface area contributed by atoms with Gasteiger partial charge in [0.1, 0.15) is 11.7 Å². The molecule has 9 heteroatoms. The number of ether oxygens (including phenoxy) is 1. The topological polar surface area (TPSA) is 109 Å². The zero-order chi connectivity index (χ0) is 17.6. The third-order valence-corrected chi connectivity index (χ3v) is 3.57. The minimum Gasteiger partial charge on any atom is -0.466 e. The number of nitrogens with one attached hydrogen (secondary N) is 2. The van der Waals surface area contributed by atoms with Crippen molar-refractivity contribution in [1.82, 2.24) is 4.90 Å². The molecule has 0 aliphatic carbocycles. The highest BCUT2D eigenvalue weighted by atomic mass is 79.9. The van der Waals surface area contributed by atoms with Gasteiger partial charge in [-0.2, -0.15) is 0 Å². The number of hydrogen-bond acceptors (Lipinski definition) is 5. The van der Waals surface area contributed by atoms with E-state index in [-0.39, 0.29) is 35.4 Å². The lowest BCUT2D eigenvalue weighted by atomic mass is 10.1. The average molecular weight is 389 g/mol. The third-order valence-electron chi connectivity index (χ3n) is 2.97. The van der Waals surface area contributed by atoms with E-state index in [4.69, 9.17) is 15.9 Å². The Morgan fingerprint density at radius 3 is 2.65 bits per heavy atom.